The van der Waals surface area contributed by atoms with E-state index in [0.29, 0.717) is 0 Å². The monoisotopic (exact) mass is 433 g/mol. The minimum Gasteiger partial charge on any atom is -0.208 e. The van der Waals surface area contributed by atoms with Gasteiger partial charge in [0.1, 0.15) is 0 Å². The first-order chi connectivity index (χ1) is 21.9. The Labute approximate surface area is 206 Å². The second-order valence-electron chi connectivity index (χ2n) is 6.25. The zero-order chi connectivity index (χ0) is 34.7. The Morgan fingerprint density at radius 3 is 1.90 bits per heavy atom. The first-order valence-electron chi connectivity index (χ1n) is 16.8. The van der Waals surface area contributed by atoms with Gasteiger partial charge < -0.3 is 0 Å². The fourth-order valence-corrected chi connectivity index (χ4v) is 3.35. The van der Waals surface area contributed by atoms with Gasteiger partial charge in [-0.2, -0.15) is 9.97 Å². The molecule has 1 aromatic heterocycles. The van der Waals surface area contributed by atoms with Crippen molar-refractivity contribution >= 4 is 43.9 Å². The van der Waals surface area contributed by atoms with Crippen LogP contribution in [0.25, 0.3) is 55.1 Å². The Balaban J connectivity index is 1.87. The van der Waals surface area contributed by atoms with E-state index in [1.165, 1.54) is 0 Å². The molecule has 0 amide bonds. The molecule has 1 heterocycles. The molecule has 5 aromatic carbocycles. The molecule has 0 bridgehead atoms. The second-order valence-corrected chi connectivity index (χ2v) is 6.59. The first-order valence-corrected chi connectivity index (χ1v) is 9.16. The number of halogens is 1. The average molecular weight is 434 g/mol. The predicted molar refractivity (Wildman–Crippen MR) is 128 cm³/mol. The normalized spacial score (nSPS) is 18.6. The van der Waals surface area contributed by atoms with Gasteiger partial charge in [0.05, 0.1) is 21.9 Å². The fraction of sp³-hybridized carbons (Fsp3) is 0. The van der Waals surface area contributed by atoms with Crippen LogP contribution in [0.2, 0.25) is 5.28 Å². The van der Waals surface area contributed by atoms with Gasteiger partial charge in [0, 0.05) is 11.1 Å². The topological polar surface area (TPSA) is 38.7 Å². The summed E-state index contributed by atoms with van der Waals surface area (Å²) >= 11 is 6.31. The van der Waals surface area contributed by atoms with Crippen LogP contribution in [0.1, 0.15) is 21.9 Å². The summed E-state index contributed by atoms with van der Waals surface area (Å²) in [6, 6.07) is -11.0. The van der Waals surface area contributed by atoms with Gasteiger partial charge in [0.25, 0.3) is 0 Å². The summed E-state index contributed by atoms with van der Waals surface area (Å²) < 4.78 is 135. The molecule has 0 aliphatic carbocycles. The Kier molecular flexibility index (Phi) is 1.85. The van der Waals surface area contributed by atoms with Crippen LogP contribution in [0, 0.1) is 0 Å². The quantitative estimate of drug-likeness (QED) is 0.268. The van der Waals surface area contributed by atoms with E-state index >= 15 is 0 Å². The molecule has 0 unspecified atom stereocenters. The van der Waals surface area contributed by atoms with Crippen LogP contribution in [0.15, 0.2) is 96.7 Å². The molecular weight excluding hydrogens is 402 g/mol. The predicted octanol–water partition coefficient (Wildman–Crippen LogP) is 7.32. The van der Waals surface area contributed by atoms with Gasteiger partial charge in [-0.05, 0) is 50.0 Å². The van der Waals surface area contributed by atoms with Crippen LogP contribution in [0.3, 0.4) is 0 Å². The third-order valence-corrected chi connectivity index (χ3v) is 4.66. The molecule has 0 aliphatic rings. The molecular formula is C27H16ClN3. The van der Waals surface area contributed by atoms with Gasteiger partial charge >= 0.3 is 0 Å². The van der Waals surface area contributed by atoms with E-state index in [4.69, 9.17) is 33.5 Å². The number of rotatable bonds is 2. The van der Waals surface area contributed by atoms with Crippen molar-refractivity contribution in [2.45, 2.75) is 0 Å². The number of nitrogens with zero attached hydrogens (tertiary/aromatic N) is 3. The third-order valence-electron chi connectivity index (χ3n) is 4.49. The highest BCUT2D eigenvalue weighted by Gasteiger charge is 2.15. The second kappa shape index (κ2) is 7.15. The molecule has 0 saturated carbocycles. The molecule has 0 aliphatic heterocycles. The summed E-state index contributed by atoms with van der Waals surface area (Å²) in [5.41, 5.74) is -0.866. The van der Waals surface area contributed by atoms with Gasteiger partial charge in [0.2, 0.25) is 5.28 Å². The minimum atomic E-state index is -0.732. The van der Waals surface area contributed by atoms with E-state index in [0.717, 1.165) is 0 Å². The van der Waals surface area contributed by atoms with E-state index < -0.39 is 136 Å². The molecule has 146 valence electrons. The molecule has 31 heavy (non-hydrogen) atoms. The van der Waals surface area contributed by atoms with Crippen molar-refractivity contribution in [1.29, 1.82) is 0 Å². The lowest BCUT2D eigenvalue weighted by Crippen LogP contribution is -1.98. The number of benzene rings is 5. The Morgan fingerprint density at radius 2 is 1.10 bits per heavy atom. The van der Waals surface area contributed by atoms with Crippen LogP contribution in [0.4, 0.5) is 0 Å². The smallest absolute Gasteiger partial charge is 0.208 e. The van der Waals surface area contributed by atoms with E-state index in [-0.39, 0.29) is 21.5 Å². The van der Waals surface area contributed by atoms with Crippen LogP contribution >= 0.6 is 11.6 Å². The molecule has 0 fully saturated rings. The van der Waals surface area contributed by atoms with Crippen LogP contribution in [-0.4, -0.2) is 15.0 Å². The average Bonchev–Trinajstić information content (AvgIpc) is 3.03. The highest BCUT2D eigenvalue weighted by Crippen LogP contribution is 2.35. The highest BCUT2D eigenvalue weighted by atomic mass is 35.5. The summed E-state index contributed by atoms with van der Waals surface area (Å²) in [5.74, 6) is -1.07. The highest BCUT2D eigenvalue weighted by molar-refractivity contribution is 6.28. The SMILES string of the molecule is [2H]c1c([2H])c([2H])c2c(-c3nc(Cl)nc(-c4c([2H])c5c([2H])c([2H])c([2H])c([2H])c5c5c([2H])c([2H])c([2H])c([2H])c45)n3)c([2H])c([2H])c([2H])c2c1[2H]. The Bertz CT molecular complexity index is 2440. The molecule has 6 aromatic rings. The standard InChI is InChI=1S/C27H16ClN3/c28-27-30-25(23-15-7-10-17-8-1-3-11-19(17)23)29-26(31-27)24-16-18-9-2-4-12-20(18)21-13-5-6-14-22(21)24/h1-16H/i1D,2D,3D,4D,5D,6D,7D,8D,9D,10D,11D,12D,13D,14D,15D,16D. The molecule has 0 N–H and O–H groups in total. The number of aromatic nitrogens is 3. The van der Waals surface area contributed by atoms with Crippen molar-refractivity contribution in [3.05, 3.63) is 102 Å². The molecule has 4 heteroatoms. The Hall–Kier alpha value is -3.82. The van der Waals surface area contributed by atoms with E-state index in [9.17, 15) is 0 Å². The summed E-state index contributed by atoms with van der Waals surface area (Å²) in [5, 5.41) is -2.85. The zero-order valence-electron chi connectivity index (χ0n) is 31.2. The maximum absolute atomic E-state index is 9.11. The maximum Gasteiger partial charge on any atom is 0.226 e. The van der Waals surface area contributed by atoms with Crippen LogP contribution < -0.4 is 0 Å². The largest absolute Gasteiger partial charge is 0.226 e. The summed E-state index contributed by atoms with van der Waals surface area (Å²) in [4.78, 5) is 12.4. The van der Waals surface area contributed by atoms with Crippen molar-refractivity contribution in [2.24, 2.45) is 0 Å². The van der Waals surface area contributed by atoms with Crippen molar-refractivity contribution in [3.8, 4) is 22.8 Å². The van der Waals surface area contributed by atoms with Crippen molar-refractivity contribution in [3.63, 3.8) is 0 Å². The molecule has 3 nitrogen and oxygen atoms in total. The van der Waals surface area contributed by atoms with Gasteiger partial charge in [-0.3, -0.25) is 0 Å². The lowest BCUT2D eigenvalue weighted by Gasteiger charge is -2.11. The fourth-order valence-electron chi connectivity index (χ4n) is 3.19. The summed E-state index contributed by atoms with van der Waals surface area (Å²) in [6.07, 6.45) is 0. The number of hydrogen-bond donors (Lipinski definition) is 0. The molecule has 6 rings (SSSR count). The van der Waals surface area contributed by atoms with Crippen LogP contribution in [-0.2, 0) is 0 Å². The van der Waals surface area contributed by atoms with E-state index in [1.807, 2.05) is 0 Å². The summed E-state index contributed by atoms with van der Waals surface area (Å²) in [6.45, 7) is 0. The lowest BCUT2D eigenvalue weighted by atomic mass is 9.97. The lowest BCUT2D eigenvalue weighted by molar-refractivity contribution is 1.07. The van der Waals surface area contributed by atoms with Crippen molar-refractivity contribution < 1.29 is 21.9 Å². The zero-order valence-corrected chi connectivity index (χ0v) is 16.0. The Morgan fingerprint density at radius 1 is 0.516 bits per heavy atom. The number of fused-ring (bicyclic) bond motifs is 4. The molecule has 0 radical (unpaired) electrons. The van der Waals surface area contributed by atoms with Gasteiger partial charge in [-0.15, -0.1) is 0 Å². The molecule has 0 spiro atoms. The first kappa shape index (κ1) is 8.03. The van der Waals surface area contributed by atoms with E-state index in [2.05, 4.69) is 15.0 Å². The van der Waals surface area contributed by atoms with Crippen molar-refractivity contribution in [2.75, 3.05) is 0 Å². The maximum atomic E-state index is 9.11. The molecule has 0 saturated heterocycles. The van der Waals surface area contributed by atoms with Gasteiger partial charge in [0.15, 0.2) is 11.6 Å². The van der Waals surface area contributed by atoms with E-state index in [1.54, 1.807) is 0 Å². The molecule has 0 atom stereocenters. The number of hydrogen-bond acceptors (Lipinski definition) is 3. The van der Waals surface area contributed by atoms with Gasteiger partial charge in [-0.1, -0.05) is 90.6 Å². The third kappa shape index (κ3) is 3.02. The van der Waals surface area contributed by atoms with Crippen molar-refractivity contribution in [1.82, 2.24) is 15.0 Å². The minimum absolute atomic E-state index is 0.340. The van der Waals surface area contributed by atoms with Crippen LogP contribution in [0.5, 0.6) is 0 Å². The summed E-state index contributed by atoms with van der Waals surface area (Å²) in [7, 11) is 0. The van der Waals surface area contributed by atoms with Gasteiger partial charge in [-0.25, -0.2) is 4.98 Å².